The highest BCUT2D eigenvalue weighted by Crippen LogP contribution is 2.39. The van der Waals surface area contributed by atoms with E-state index in [0.717, 1.165) is 50.0 Å². The molecule has 194 valence electrons. The van der Waals surface area contributed by atoms with Gasteiger partial charge in [0.1, 0.15) is 5.82 Å². The second kappa shape index (κ2) is 9.89. The molecule has 2 aliphatic heterocycles. The van der Waals surface area contributed by atoms with Crippen LogP contribution in [0.2, 0.25) is 0 Å². The minimum atomic E-state index is -0.573. The molecule has 2 amide bonds. The van der Waals surface area contributed by atoms with Gasteiger partial charge in [-0.3, -0.25) is 19.4 Å². The first-order chi connectivity index (χ1) is 18.5. The molecule has 4 heterocycles. The number of carbonyl (C=O) groups is 3. The van der Waals surface area contributed by atoms with E-state index in [-0.39, 0.29) is 35.7 Å². The predicted molar refractivity (Wildman–Crippen MR) is 144 cm³/mol. The molecule has 1 aliphatic carbocycles. The van der Waals surface area contributed by atoms with Gasteiger partial charge < -0.3 is 21.3 Å². The monoisotopic (exact) mass is 510 g/mol. The van der Waals surface area contributed by atoms with Crippen LogP contribution in [0.15, 0.2) is 61.1 Å². The number of fused-ring (bicyclic) bond motifs is 2. The first kappa shape index (κ1) is 24.1. The van der Waals surface area contributed by atoms with Crippen molar-refractivity contribution in [3.63, 3.8) is 0 Å². The van der Waals surface area contributed by atoms with Gasteiger partial charge in [0.25, 0.3) is 11.8 Å². The number of carbonyl (C=O) groups excluding carboxylic acids is 3. The van der Waals surface area contributed by atoms with Gasteiger partial charge in [0.2, 0.25) is 0 Å². The van der Waals surface area contributed by atoms with Crippen LogP contribution in [-0.2, 0) is 0 Å². The summed E-state index contributed by atoms with van der Waals surface area (Å²) in [6.45, 7) is 0. The Balaban J connectivity index is 1.13. The second-order valence-electron chi connectivity index (χ2n) is 10.5. The van der Waals surface area contributed by atoms with Gasteiger partial charge in [-0.2, -0.15) is 0 Å². The number of hydrogen-bond acceptors (Lipinski definition) is 7. The van der Waals surface area contributed by atoms with E-state index < -0.39 is 5.91 Å². The molecule has 0 spiro atoms. The van der Waals surface area contributed by atoms with Crippen LogP contribution in [0.5, 0.6) is 0 Å². The summed E-state index contributed by atoms with van der Waals surface area (Å²) in [5.74, 6) is 0.543. The predicted octanol–water partition coefficient (Wildman–Crippen LogP) is 3.84. The van der Waals surface area contributed by atoms with Gasteiger partial charge >= 0.3 is 0 Å². The van der Waals surface area contributed by atoms with E-state index in [4.69, 9.17) is 5.73 Å². The first-order valence-corrected chi connectivity index (χ1v) is 13.2. The molecule has 2 bridgehead atoms. The van der Waals surface area contributed by atoms with E-state index in [0.29, 0.717) is 22.4 Å². The lowest BCUT2D eigenvalue weighted by atomic mass is 9.96. The molecule has 2 saturated heterocycles. The normalized spacial score (nSPS) is 22.1. The SMILES string of the molecule is NC(=O)c1ccc(C(=O)N[C@H]2C[C@H]3CC[C@@H](C2)N3c2ccc(C(=O)C3CC3)cn2)cc1Nc1ccncc1. The Hall–Kier alpha value is -4.27. The lowest BCUT2D eigenvalue weighted by Gasteiger charge is -2.40. The van der Waals surface area contributed by atoms with E-state index in [2.05, 4.69) is 25.5 Å². The fraction of sp³-hybridized carbons (Fsp3) is 0.345. The second-order valence-corrected chi connectivity index (χ2v) is 10.5. The molecule has 2 aromatic heterocycles. The third-order valence-electron chi connectivity index (χ3n) is 7.82. The number of piperidine rings is 1. The quantitative estimate of drug-likeness (QED) is 0.393. The number of nitrogens with one attached hydrogen (secondary N) is 2. The number of ketones is 1. The molecule has 0 radical (unpaired) electrons. The molecule has 3 atom stereocenters. The average molecular weight is 511 g/mol. The molecule has 3 aromatic rings. The first-order valence-electron chi connectivity index (χ1n) is 13.2. The average Bonchev–Trinajstić information content (AvgIpc) is 3.74. The van der Waals surface area contributed by atoms with E-state index in [1.807, 2.05) is 12.1 Å². The van der Waals surface area contributed by atoms with Gasteiger partial charge in [-0.05, 0) is 81.0 Å². The molecular formula is C29H30N6O3. The van der Waals surface area contributed by atoms with E-state index in [1.165, 1.54) is 0 Å². The summed E-state index contributed by atoms with van der Waals surface area (Å²) in [5, 5.41) is 6.37. The number of Topliss-reactive ketones (excluding diaryl/α,β-unsaturated/α-hetero) is 1. The van der Waals surface area contributed by atoms with Gasteiger partial charge in [0.15, 0.2) is 5.78 Å². The van der Waals surface area contributed by atoms with Gasteiger partial charge in [-0.1, -0.05) is 0 Å². The third-order valence-corrected chi connectivity index (χ3v) is 7.82. The number of rotatable bonds is 8. The maximum atomic E-state index is 13.2. The van der Waals surface area contributed by atoms with Crippen LogP contribution in [0.1, 0.15) is 69.6 Å². The van der Waals surface area contributed by atoms with Crippen LogP contribution in [0.25, 0.3) is 0 Å². The van der Waals surface area contributed by atoms with Crippen molar-refractivity contribution in [1.29, 1.82) is 0 Å². The Morgan fingerprint density at radius 1 is 0.895 bits per heavy atom. The zero-order valence-corrected chi connectivity index (χ0v) is 21.0. The van der Waals surface area contributed by atoms with Crippen LogP contribution < -0.4 is 21.3 Å². The van der Waals surface area contributed by atoms with E-state index in [9.17, 15) is 14.4 Å². The number of aromatic nitrogens is 2. The third kappa shape index (κ3) is 4.83. The number of benzene rings is 1. The van der Waals surface area contributed by atoms with Gasteiger partial charge in [0.05, 0.1) is 11.3 Å². The highest BCUT2D eigenvalue weighted by atomic mass is 16.2. The van der Waals surface area contributed by atoms with Crippen LogP contribution in [0.3, 0.4) is 0 Å². The van der Waals surface area contributed by atoms with Crippen LogP contribution in [0, 0.1) is 5.92 Å². The summed E-state index contributed by atoms with van der Waals surface area (Å²) in [6, 6.07) is 12.9. The van der Waals surface area contributed by atoms with Gasteiger partial charge in [-0.25, -0.2) is 4.98 Å². The number of amides is 2. The van der Waals surface area contributed by atoms with Crippen molar-refractivity contribution in [1.82, 2.24) is 15.3 Å². The molecule has 4 N–H and O–H groups in total. The minimum absolute atomic E-state index is 0.0411. The Morgan fingerprint density at radius 3 is 2.24 bits per heavy atom. The van der Waals surface area contributed by atoms with Crippen molar-refractivity contribution in [2.45, 2.75) is 56.7 Å². The zero-order chi connectivity index (χ0) is 26.2. The van der Waals surface area contributed by atoms with Gasteiger partial charge in [0, 0.05) is 59.4 Å². The molecule has 1 saturated carbocycles. The van der Waals surface area contributed by atoms with Crippen molar-refractivity contribution in [2.75, 3.05) is 10.2 Å². The van der Waals surface area contributed by atoms with Crippen molar-refractivity contribution < 1.29 is 14.4 Å². The van der Waals surface area contributed by atoms with Crippen LogP contribution in [0.4, 0.5) is 17.2 Å². The molecule has 38 heavy (non-hydrogen) atoms. The number of nitrogens with two attached hydrogens (primary N) is 1. The maximum Gasteiger partial charge on any atom is 0.251 e. The summed E-state index contributed by atoms with van der Waals surface area (Å²) in [7, 11) is 0. The minimum Gasteiger partial charge on any atom is -0.366 e. The molecular weight excluding hydrogens is 480 g/mol. The molecule has 3 fully saturated rings. The molecule has 9 nitrogen and oxygen atoms in total. The van der Waals surface area contributed by atoms with E-state index >= 15 is 0 Å². The topological polar surface area (TPSA) is 130 Å². The van der Waals surface area contributed by atoms with Crippen LogP contribution in [-0.4, -0.2) is 45.7 Å². The highest BCUT2D eigenvalue weighted by Gasteiger charge is 2.42. The lowest BCUT2D eigenvalue weighted by molar-refractivity contribution is 0.0924. The van der Waals surface area contributed by atoms with Crippen molar-refractivity contribution in [3.8, 4) is 0 Å². The Labute approximate surface area is 220 Å². The van der Waals surface area contributed by atoms with Crippen molar-refractivity contribution >= 4 is 34.8 Å². The number of primary amides is 1. The molecule has 3 aliphatic rings. The summed E-state index contributed by atoms with van der Waals surface area (Å²) in [6.07, 6.45) is 10.7. The van der Waals surface area contributed by atoms with Gasteiger partial charge in [-0.15, -0.1) is 0 Å². The lowest BCUT2D eigenvalue weighted by Crippen LogP contribution is -2.50. The summed E-state index contributed by atoms with van der Waals surface area (Å²) in [4.78, 5) is 48.5. The largest absolute Gasteiger partial charge is 0.366 e. The highest BCUT2D eigenvalue weighted by molar-refractivity contribution is 6.02. The van der Waals surface area contributed by atoms with Crippen molar-refractivity contribution in [2.24, 2.45) is 11.7 Å². The Morgan fingerprint density at radius 2 is 1.61 bits per heavy atom. The fourth-order valence-corrected chi connectivity index (χ4v) is 5.80. The fourth-order valence-electron chi connectivity index (χ4n) is 5.80. The molecule has 1 aromatic carbocycles. The number of anilines is 3. The molecule has 9 heteroatoms. The summed E-state index contributed by atoms with van der Waals surface area (Å²) < 4.78 is 0. The summed E-state index contributed by atoms with van der Waals surface area (Å²) in [5.41, 5.74) is 8.24. The molecule has 6 rings (SSSR count). The zero-order valence-electron chi connectivity index (χ0n) is 21.0. The number of hydrogen-bond donors (Lipinski definition) is 3. The number of pyridine rings is 2. The smallest absolute Gasteiger partial charge is 0.251 e. The summed E-state index contributed by atoms with van der Waals surface area (Å²) >= 11 is 0. The Kier molecular flexibility index (Phi) is 6.27. The van der Waals surface area contributed by atoms with Crippen LogP contribution >= 0.6 is 0 Å². The standard InChI is InChI=1S/C29H30N6O3/c30-28(37)24-7-3-18(13-25(24)33-20-9-11-31-12-10-20)29(38)34-21-14-22-5-6-23(15-21)35(22)26-8-4-19(16-32-26)27(36)17-1-2-17/h3-4,7-13,16-17,21-23H,1-2,5-6,14-15H2,(H2,30,37)(H,31,33)(H,34,38)/t21-,22+,23-. The van der Waals surface area contributed by atoms with E-state index in [1.54, 1.807) is 48.9 Å². The van der Waals surface area contributed by atoms with Crippen molar-refractivity contribution in [3.05, 3.63) is 77.7 Å². The molecule has 0 unspecified atom stereocenters. The number of nitrogens with zero attached hydrogens (tertiary/aromatic N) is 3. The maximum absolute atomic E-state index is 13.2. The Bertz CT molecular complexity index is 1360.